The van der Waals surface area contributed by atoms with Crippen molar-refractivity contribution in [3.8, 4) is 0 Å². The number of nitrogens with zero attached hydrogens (tertiary/aromatic N) is 2. The zero-order valence-electron chi connectivity index (χ0n) is 18.8. The van der Waals surface area contributed by atoms with E-state index in [9.17, 15) is 18.4 Å². The first-order valence-corrected chi connectivity index (χ1v) is 11.8. The van der Waals surface area contributed by atoms with Gasteiger partial charge in [0.1, 0.15) is 0 Å². The lowest BCUT2D eigenvalue weighted by Crippen LogP contribution is -2.44. The normalized spacial score (nSPS) is 19.0. The highest BCUT2D eigenvalue weighted by molar-refractivity contribution is 5.80. The predicted molar refractivity (Wildman–Crippen MR) is 124 cm³/mol. The second-order valence-corrected chi connectivity index (χ2v) is 9.08. The average Bonchev–Trinajstić information content (AvgIpc) is 3.32. The first-order valence-electron chi connectivity index (χ1n) is 11.8. The molecule has 2 amide bonds. The van der Waals surface area contributed by atoms with Gasteiger partial charge in [-0.2, -0.15) is 0 Å². The summed E-state index contributed by atoms with van der Waals surface area (Å²) in [6.07, 6.45) is 3.51. The van der Waals surface area contributed by atoms with E-state index in [0.717, 1.165) is 31.0 Å². The molecule has 0 aromatic heterocycles. The molecule has 2 heterocycles. The van der Waals surface area contributed by atoms with E-state index in [1.807, 2.05) is 40.1 Å². The Balaban J connectivity index is 1.16. The number of carbonyl (C=O) groups excluding carboxylic acids is 2. The molecular weight excluding hydrogens is 424 g/mol. The number of anilines is 1. The second kappa shape index (κ2) is 10.8. The molecule has 0 aliphatic carbocycles. The molecule has 2 aliphatic rings. The smallest absolute Gasteiger partial charge is 0.223 e. The fraction of sp³-hybridized carbons (Fsp3) is 0.462. The van der Waals surface area contributed by atoms with Crippen LogP contribution in [-0.2, 0) is 16.0 Å². The fourth-order valence-corrected chi connectivity index (χ4v) is 4.75. The number of rotatable bonds is 7. The van der Waals surface area contributed by atoms with E-state index in [-0.39, 0.29) is 23.7 Å². The fourth-order valence-electron chi connectivity index (χ4n) is 4.75. The summed E-state index contributed by atoms with van der Waals surface area (Å²) in [6.45, 7) is 3.29. The highest BCUT2D eigenvalue weighted by Crippen LogP contribution is 2.25. The van der Waals surface area contributed by atoms with Gasteiger partial charge in [-0.25, -0.2) is 8.78 Å². The third-order valence-corrected chi connectivity index (χ3v) is 6.81. The topological polar surface area (TPSA) is 52.7 Å². The third-order valence-electron chi connectivity index (χ3n) is 6.81. The number of amides is 2. The molecular formula is C26H31F2N3O2. The number of piperidine rings is 1. The lowest BCUT2D eigenvalue weighted by molar-refractivity contribution is -0.135. The van der Waals surface area contributed by atoms with Crippen LogP contribution in [0.25, 0.3) is 0 Å². The quantitative estimate of drug-likeness (QED) is 0.692. The molecule has 1 unspecified atom stereocenters. The Morgan fingerprint density at radius 2 is 1.70 bits per heavy atom. The van der Waals surface area contributed by atoms with Crippen LogP contribution >= 0.6 is 0 Å². The molecule has 0 saturated carbocycles. The molecule has 4 rings (SSSR count). The molecule has 0 bridgehead atoms. The van der Waals surface area contributed by atoms with Gasteiger partial charge in [0.05, 0.1) is 0 Å². The molecule has 1 N–H and O–H groups in total. The lowest BCUT2D eigenvalue weighted by atomic mass is 9.95. The van der Waals surface area contributed by atoms with Crippen molar-refractivity contribution < 1.29 is 18.4 Å². The van der Waals surface area contributed by atoms with Crippen molar-refractivity contribution in [2.75, 3.05) is 37.6 Å². The van der Waals surface area contributed by atoms with Crippen molar-refractivity contribution in [2.45, 2.75) is 32.1 Å². The molecule has 2 fully saturated rings. The van der Waals surface area contributed by atoms with Crippen LogP contribution in [0.5, 0.6) is 0 Å². The van der Waals surface area contributed by atoms with Gasteiger partial charge in [0, 0.05) is 56.8 Å². The van der Waals surface area contributed by atoms with Gasteiger partial charge in [-0.15, -0.1) is 0 Å². The van der Waals surface area contributed by atoms with E-state index in [4.69, 9.17) is 0 Å². The zero-order chi connectivity index (χ0) is 23.2. The number of likely N-dealkylation sites (tertiary alicyclic amines) is 1. The molecule has 2 aromatic carbocycles. The summed E-state index contributed by atoms with van der Waals surface area (Å²) >= 11 is 0. The molecule has 7 heteroatoms. The lowest BCUT2D eigenvalue weighted by Gasteiger charge is -2.31. The van der Waals surface area contributed by atoms with Crippen LogP contribution < -0.4 is 10.2 Å². The largest absolute Gasteiger partial charge is 0.371 e. The summed E-state index contributed by atoms with van der Waals surface area (Å²) in [5, 5.41) is 3.07. The molecule has 176 valence electrons. The minimum Gasteiger partial charge on any atom is -0.371 e. The third kappa shape index (κ3) is 6.09. The van der Waals surface area contributed by atoms with Crippen LogP contribution in [0.2, 0.25) is 0 Å². The molecule has 2 aliphatic heterocycles. The number of halogens is 2. The van der Waals surface area contributed by atoms with Crippen molar-refractivity contribution in [3.05, 3.63) is 65.7 Å². The Bertz CT molecular complexity index is 961. The zero-order valence-corrected chi connectivity index (χ0v) is 18.8. The Kier molecular flexibility index (Phi) is 7.57. The summed E-state index contributed by atoms with van der Waals surface area (Å²) < 4.78 is 26.7. The maximum Gasteiger partial charge on any atom is 0.223 e. The number of benzene rings is 2. The van der Waals surface area contributed by atoms with E-state index >= 15 is 0 Å². The number of carbonyl (C=O) groups is 2. The summed E-state index contributed by atoms with van der Waals surface area (Å²) in [6, 6.07) is 14.0. The van der Waals surface area contributed by atoms with Crippen LogP contribution in [0.1, 0.15) is 31.2 Å². The van der Waals surface area contributed by atoms with Crippen molar-refractivity contribution in [1.82, 2.24) is 10.2 Å². The second-order valence-electron chi connectivity index (χ2n) is 9.08. The van der Waals surface area contributed by atoms with Crippen molar-refractivity contribution in [3.63, 3.8) is 0 Å². The first-order chi connectivity index (χ1) is 16.0. The van der Waals surface area contributed by atoms with E-state index in [0.29, 0.717) is 51.1 Å². The van der Waals surface area contributed by atoms with E-state index in [1.54, 1.807) is 6.07 Å². The SMILES string of the molecule is O=C(NCC1CCN(c2ccc(F)c(F)c2)C1)C1CCN(C(=O)CCc2ccccc2)CC1. The molecule has 0 radical (unpaired) electrons. The van der Waals surface area contributed by atoms with Crippen molar-refractivity contribution in [1.29, 1.82) is 0 Å². The molecule has 5 nitrogen and oxygen atoms in total. The van der Waals surface area contributed by atoms with E-state index < -0.39 is 11.6 Å². The van der Waals surface area contributed by atoms with Crippen LogP contribution in [-0.4, -0.2) is 49.4 Å². The summed E-state index contributed by atoms with van der Waals surface area (Å²) in [7, 11) is 0. The Hall–Kier alpha value is -2.96. The maximum absolute atomic E-state index is 13.5. The molecule has 33 heavy (non-hydrogen) atoms. The van der Waals surface area contributed by atoms with Gasteiger partial charge in [-0.3, -0.25) is 9.59 Å². The predicted octanol–water partition coefficient (Wildman–Crippen LogP) is 3.78. The maximum atomic E-state index is 13.5. The van der Waals surface area contributed by atoms with Crippen LogP contribution in [0.4, 0.5) is 14.5 Å². The van der Waals surface area contributed by atoms with Crippen LogP contribution in [0, 0.1) is 23.5 Å². The van der Waals surface area contributed by atoms with Gasteiger partial charge in [-0.05, 0) is 49.3 Å². The molecule has 2 saturated heterocycles. The van der Waals surface area contributed by atoms with Crippen molar-refractivity contribution >= 4 is 17.5 Å². The monoisotopic (exact) mass is 455 g/mol. The highest BCUT2D eigenvalue weighted by Gasteiger charge is 2.29. The summed E-state index contributed by atoms with van der Waals surface area (Å²) in [5.74, 6) is -1.26. The molecule has 2 aromatic rings. The standard InChI is InChI=1S/C26H31F2N3O2/c27-23-8-7-22(16-24(23)28)31-13-10-20(18-31)17-29-26(33)21-11-14-30(15-12-21)25(32)9-6-19-4-2-1-3-5-19/h1-5,7-8,16,20-21H,6,9-15,17-18H2,(H,29,33). The summed E-state index contributed by atoms with van der Waals surface area (Å²) in [5.41, 5.74) is 1.84. The number of nitrogens with one attached hydrogen (secondary N) is 1. The average molecular weight is 456 g/mol. The summed E-state index contributed by atoms with van der Waals surface area (Å²) in [4.78, 5) is 29.1. The number of hydrogen-bond acceptors (Lipinski definition) is 3. The van der Waals surface area contributed by atoms with Gasteiger partial charge in [0.25, 0.3) is 0 Å². The number of hydrogen-bond donors (Lipinski definition) is 1. The van der Waals surface area contributed by atoms with Gasteiger partial charge < -0.3 is 15.1 Å². The van der Waals surface area contributed by atoms with Crippen molar-refractivity contribution in [2.24, 2.45) is 11.8 Å². The molecule has 1 atom stereocenters. The Morgan fingerprint density at radius 3 is 2.42 bits per heavy atom. The minimum absolute atomic E-state index is 0.0534. The highest BCUT2D eigenvalue weighted by atomic mass is 19.2. The van der Waals surface area contributed by atoms with E-state index in [1.165, 1.54) is 6.07 Å². The molecule has 0 spiro atoms. The van der Waals surface area contributed by atoms with Crippen LogP contribution in [0.3, 0.4) is 0 Å². The Morgan fingerprint density at radius 1 is 0.939 bits per heavy atom. The van der Waals surface area contributed by atoms with Gasteiger partial charge >= 0.3 is 0 Å². The minimum atomic E-state index is -0.842. The van der Waals surface area contributed by atoms with E-state index in [2.05, 4.69) is 5.32 Å². The van der Waals surface area contributed by atoms with Gasteiger partial charge in [0.15, 0.2) is 11.6 Å². The Labute approximate surface area is 193 Å². The van der Waals surface area contributed by atoms with Crippen LogP contribution in [0.15, 0.2) is 48.5 Å². The van der Waals surface area contributed by atoms with Gasteiger partial charge in [0.2, 0.25) is 11.8 Å². The first kappa shape index (κ1) is 23.2. The van der Waals surface area contributed by atoms with Gasteiger partial charge in [-0.1, -0.05) is 30.3 Å². The number of aryl methyl sites for hydroxylation is 1.